The Kier molecular flexibility index (Phi) is 4.78. The molecule has 1 aromatic heterocycles. The number of ether oxygens (including phenoxy) is 1. The van der Waals surface area contributed by atoms with Crippen molar-refractivity contribution in [1.82, 2.24) is 18.8 Å². The van der Waals surface area contributed by atoms with Crippen LogP contribution < -0.4 is 0 Å². The quantitative estimate of drug-likeness (QED) is 0.790. The van der Waals surface area contributed by atoms with E-state index in [1.165, 1.54) is 11.9 Å². The number of likely N-dealkylation sites (tertiary alicyclic amines) is 1. The predicted molar refractivity (Wildman–Crippen MR) is 87.4 cm³/mol. The number of imidazole rings is 1. The van der Waals surface area contributed by atoms with E-state index >= 15 is 0 Å². The van der Waals surface area contributed by atoms with Gasteiger partial charge in [0.05, 0.1) is 31.5 Å². The summed E-state index contributed by atoms with van der Waals surface area (Å²) in [5.41, 5.74) is 1.17. The molecule has 1 aromatic rings. The minimum Gasteiger partial charge on any atom is -0.379 e. The molecule has 7 nitrogen and oxygen atoms in total. The van der Waals surface area contributed by atoms with E-state index in [0.717, 1.165) is 32.5 Å². The molecule has 0 aliphatic carbocycles. The zero-order valence-corrected chi connectivity index (χ0v) is 14.8. The molecular weight excluding hydrogens is 316 g/mol. The van der Waals surface area contributed by atoms with Gasteiger partial charge in [-0.15, -0.1) is 0 Å². The minimum absolute atomic E-state index is 0.0391. The van der Waals surface area contributed by atoms with Gasteiger partial charge in [-0.2, -0.15) is 4.31 Å². The van der Waals surface area contributed by atoms with Gasteiger partial charge in [0.25, 0.3) is 0 Å². The molecule has 2 fully saturated rings. The first-order valence-corrected chi connectivity index (χ1v) is 9.93. The smallest absolute Gasteiger partial charge is 0.211 e. The van der Waals surface area contributed by atoms with E-state index in [-0.39, 0.29) is 5.41 Å². The molecule has 3 rings (SSSR count). The second-order valence-electron chi connectivity index (χ2n) is 6.92. The molecule has 23 heavy (non-hydrogen) atoms. The number of sulfonamides is 1. The number of piperidine rings is 1. The highest BCUT2D eigenvalue weighted by atomic mass is 32.2. The monoisotopic (exact) mass is 342 g/mol. The Morgan fingerprint density at radius 3 is 2.65 bits per heavy atom. The molecule has 1 spiro atoms. The third kappa shape index (κ3) is 3.93. The van der Waals surface area contributed by atoms with Crippen LogP contribution in [0.3, 0.4) is 0 Å². The number of hydrogen-bond donors (Lipinski definition) is 0. The lowest BCUT2D eigenvalue weighted by Crippen LogP contribution is -2.48. The van der Waals surface area contributed by atoms with Crippen LogP contribution in [0, 0.1) is 5.41 Å². The fourth-order valence-electron chi connectivity index (χ4n) is 3.49. The summed E-state index contributed by atoms with van der Waals surface area (Å²) in [5.74, 6) is 0. The Bertz CT molecular complexity index is 635. The summed E-state index contributed by atoms with van der Waals surface area (Å²) in [6.07, 6.45) is 6.96. The van der Waals surface area contributed by atoms with Gasteiger partial charge in [-0.25, -0.2) is 13.4 Å². The molecule has 2 aliphatic heterocycles. The standard InChI is InChI=1S/C15H26N4O3S/c1-17-13-16-9-14(17)10-18-5-3-15(4-6-18)11-19(23(2,20)21)7-8-22-12-15/h9,13H,3-8,10-12H2,1-2H3. The molecule has 130 valence electrons. The van der Waals surface area contributed by atoms with Gasteiger partial charge in [0.1, 0.15) is 0 Å². The maximum Gasteiger partial charge on any atom is 0.211 e. The summed E-state index contributed by atoms with van der Waals surface area (Å²) in [5, 5.41) is 0. The molecular formula is C15H26N4O3S. The highest BCUT2D eigenvalue weighted by molar-refractivity contribution is 7.88. The summed E-state index contributed by atoms with van der Waals surface area (Å²) in [4.78, 5) is 6.58. The van der Waals surface area contributed by atoms with E-state index in [9.17, 15) is 8.42 Å². The van der Waals surface area contributed by atoms with Crippen LogP contribution in [-0.2, 0) is 28.4 Å². The third-order valence-corrected chi connectivity index (χ3v) is 6.34. The zero-order valence-electron chi connectivity index (χ0n) is 13.9. The number of nitrogens with zero attached hydrogens (tertiary/aromatic N) is 4. The van der Waals surface area contributed by atoms with Crippen molar-refractivity contribution in [2.45, 2.75) is 19.4 Å². The van der Waals surface area contributed by atoms with Gasteiger partial charge in [-0.05, 0) is 25.9 Å². The summed E-state index contributed by atoms with van der Waals surface area (Å²) in [6.45, 7) is 5.04. The molecule has 0 bridgehead atoms. The molecule has 3 heterocycles. The van der Waals surface area contributed by atoms with Crippen LogP contribution in [0.25, 0.3) is 0 Å². The third-order valence-electron chi connectivity index (χ3n) is 5.09. The van der Waals surface area contributed by atoms with Crippen molar-refractivity contribution in [2.75, 3.05) is 45.6 Å². The number of aromatic nitrogens is 2. The fraction of sp³-hybridized carbons (Fsp3) is 0.800. The lowest BCUT2D eigenvalue weighted by Gasteiger charge is -2.42. The Labute approximate surface area is 138 Å². The second kappa shape index (κ2) is 6.51. The Morgan fingerprint density at radius 2 is 2.04 bits per heavy atom. The van der Waals surface area contributed by atoms with Gasteiger partial charge in [0, 0.05) is 38.3 Å². The van der Waals surface area contributed by atoms with Crippen molar-refractivity contribution in [3.63, 3.8) is 0 Å². The Morgan fingerprint density at radius 1 is 1.30 bits per heavy atom. The number of hydrogen-bond acceptors (Lipinski definition) is 5. The van der Waals surface area contributed by atoms with E-state index in [1.54, 1.807) is 4.31 Å². The highest BCUT2D eigenvalue weighted by Crippen LogP contribution is 2.35. The number of rotatable bonds is 3. The normalized spacial score (nSPS) is 23.9. The largest absolute Gasteiger partial charge is 0.379 e. The first-order chi connectivity index (χ1) is 10.9. The summed E-state index contributed by atoms with van der Waals surface area (Å²) in [7, 11) is -1.15. The lowest BCUT2D eigenvalue weighted by atomic mass is 9.79. The maximum absolute atomic E-state index is 11.9. The van der Waals surface area contributed by atoms with Crippen LogP contribution in [0.4, 0.5) is 0 Å². The van der Waals surface area contributed by atoms with Gasteiger partial charge in [-0.3, -0.25) is 4.90 Å². The average molecular weight is 342 g/mol. The minimum atomic E-state index is -3.16. The molecule has 0 unspecified atom stereocenters. The first-order valence-electron chi connectivity index (χ1n) is 8.08. The average Bonchev–Trinajstić information content (AvgIpc) is 2.77. The molecule has 2 aliphatic rings. The van der Waals surface area contributed by atoms with Crippen molar-refractivity contribution in [3.8, 4) is 0 Å². The van der Waals surface area contributed by atoms with Crippen LogP contribution in [0.5, 0.6) is 0 Å². The van der Waals surface area contributed by atoms with Gasteiger partial charge < -0.3 is 9.30 Å². The fourth-order valence-corrected chi connectivity index (χ4v) is 4.41. The van der Waals surface area contributed by atoms with E-state index < -0.39 is 10.0 Å². The van der Waals surface area contributed by atoms with Gasteiger partial charge in [0.2, 0.25) is 10.0 Å². The van der Waals surface area contributed by atoms with E-state index in [2.05, 4.69) is 9.88 Å². The summed E-state index contributed by atoms with van der Waals surface area (Å²) in [6, 6.07) is 0. The molecule has 2 saturated heterocycles. The maximum atomic E-state index is 11.9. The molecule has 0 saturated carbocycles. The van der Waals surface area contributed by atoms with Crippen LogP contribution in [0.2, 0.25) is 0 Å². The van der Waals surface area contributed by atoms with Gasteiger partial charge >= 0.3 is 0 Å². The van der Waals surface area contributed by atoms with Crippen molar-refractivity contribution < 1.29 is 13.2 Å². The SMILES string of the molecule is Cn1cncc1CN1CCC2(CC1)COCCN(S(C)(=O)=O)C2. The van der Waals surface area contributed by atoms with Crippen molar-refractivity contribution in [2.24, 2.45) is 12.5 Å². The molecule has 0 atom stereocenters. The Hall–Kier alpha value is -0.960. The van der Waals surface area contributed by atoms with E-state index in [0.29, 0.717) is 26.3 Å². The van der Waals surface area contributed by atoms with Crippen molar-refractivity contribution in [3.05, 3.63) is 18.2 Å². The van der Waals surface area contributed by atoms with Gasteiger partial charge in [-0.1, -0.05) is 0 Å². The lowest BCUT2D eigenvalue weighted by molar-refractivity contribution is 0.0162. The molecule has 8 heteroatoms. The van der Waals surface area contributed by atoms with Crippen LogP contribution >= 0.6 is 0 Å². The molecule has 0 aromatic carbocycles. The molecule has 0 amide bonds. The Balaban J connectivity index is 1.63. The van der Waals surface area contributed by atoms with Crippen LogP contribution in [0.1, 0.15) is 18.5 Å². The van der Waals surface area contributed by atoms with Crippen LogP contribution in [0.15, 0.2) is 12.5 Å². The van der Waals surface area contributed by atoms with E-state index in [1.807, 2.05) is 24.1 Å². The molecule has 0 radical (unpaired) electrons. The topological polar surface area (TPSA) is 67.7 Å². The highest BCUT2D eigenvalue weighted by Gasteiger charge is 2.40. The summed E-state index contributed by atoms with van der Waals surface area (Å²) >= 11 is 0. The second-order valence-corrected chi connectivity index (χ2v) is 8.90. The van der Waals surface area contributed by atoms with Crippen LogP contribution in [-0.4, -0.2) is 72.8 Å². The van der Waals surface area contributed by atoms with E-state index in [4.69, 9.17) is 4.74 Å². The number of aryl methyl sites for hydroxylation is 1. The summed E-state index contributed by atoms with van der Waals surface area (Å²) < 4.78 is 33.2. The first kappa shape index (κ1) is 16.9. The van der Waals surface area contributed by atoms with Crippen molar-refractivity contribution in [1.29, 1.82) is 0 Å². The zero-order chi connectivity index (χ0) is 16.5. The predicted octanol–water partition coefficient (Wildman–Crippen LogP) is 0.294. The van der Waals surface area contributed by atoms with Gasteiger partial charge in [0.15, 0.2) is 0 Å². The molecule has 0 N–H and O–H groups in total. The van der Waals surface area contributed by atoms with Crippen molar-refractivity contribution >= 4 is 10.0 Å².